The normalized spacial score (nSPS) is 33.7. The summed E-state index contributed by atoms with van der Waals surface area (Å²) in [6, 6.07) is -1.70. The largest absolute Gasteiger partial charge is 1.00 e. The Labute approximate surface area is 153 Å². The number of aliphatic carboxylic acids is 1. The minimum absolute atomic E-state index is 0. The predicted molar refractivity (Wildman–Crippen MR) is 67.6 cm³/mol. The van der Waals surface area contributed by atoms with Gasteiger partial charge in [0.15, 0.2) is 15.2 Å². The van der Waals surface area contributed by atoms with Crippen LogP contribution in [0.4, 0.5) is 0 Å². The predicted octanol–water partition coefficient (Wildman–Crippen LogP) is -5.20. The maximum absolute atomic E-state index is 12.5. The van der Waals surface area contributed by atoms with E-state index < -0.39 is 49.7 Å². The Balaban J connectivity index is 0.00000242. The van der Waals surface area contributed by atoms with Gasteiger partial charge in [0, 0.05) is 12.0 Å². The number of hydrogen-bond acceptors (Lipinski definition) is 7. The van der Waals surface area contributed by atoms with Crippen LogP contribution in [0.15, 0.2) is 11.6 Å². The van der Waals surface area contributed by atoms with Crippen LogP contribution in [0.5, 0.6) is 0 Å². The first-order valence-electron chi connectivity index (χ1n) is 5.76. The molecule has 0 N–H and O–H groups in total. The van der Waals surface area contributed by atoms with Crippen LogP contribution < -0.4 is 34.7 Å². The number of ether oxygens (including phenoxy) is 1. The van der Waals surface area contributed by atoms with Crippen molar-refractivity contribution in [3.05, 3.63) is 11.6 Å². The van der Waals surface area contributed by atoms with Gasteiger partial charge >= 0.3 is 35.5 Å². The van der Waals surface area contributed by atoms with Gasteiger partial charge in [-0.1, -0.05) is 0 Å². The van der Waals surface area contributed by atoms with Crippen molar-refractivity contribution < 1.29 is 62.2 Å². The van der Waals surface area contributed by atoms with Gasteiger partial charge in [-0.2, -0.15) is 0 Å². The van der Waals surface area contributed by atoms with Gasteiger partial charge in [-0.3, -0.25) is 4.79 Å². The molecular formula is C11H11ClNNaO7S. The summed E-state index contributed by atoms with van der Waals surface area (Å²) in [6.07, 6.45) is 0.743. The quantitative estimate of drug-likeness (QED) is 0.162. The number of esters is 1. The molecule has 2 aliphatic rings. The summed E-state index contributed by atoms with van der Waals surface area (Å²) >= 11 is 5.64. The molecule has 0 aliphatic carbocycles. The van der Waals surface area contributed by atoms with Crippen LogP contribution in [0.2, 0.25) is 0 Å². The maximum atomic E-state index is 12.5. The average molecular weight is 360 g/mol. The van der Waals surface area contributed by atoms with Crippen LogP contribution in [0.1, 0.15) is 6.92 Å². The summed E-state index contributed by atoms with van der Waals surface area (Å²) in [4.78, 5) is 35.1. The Morgan fingerprint density at radius 2 is 2.05 bits per heavy atom. The van der Waals surface area contributed by atoms with Crippen molar-refractivity contribution in [1.82, 2.24) is 4.90 Å². The Morgan fingerprint density at radius 1 is 1.50 bits per heavy atom. The molecule has 0 bridgehead atoms. The Kier molecular flexibility index (Phi) is 5.41. The van der Waals surface area contributed by atoms with Crippen LogP contribution >= 0.6 is 11.6 Å². The van der Waals surface area contributed by atoms with Gasteiger partial charge in [-0.05, 0) is 6.92 Å². The van der Waals surface area contributed by atoms with Crippen LogP contribution in [0.3, 0.4) is 0 Å². The van der Waals surface area contributed by atoms with Gasteiger partial charge in [-0.25, -0.2) is 13.2 Å². The molecule has 0 aromatic heterocycles. The standard InChI is InChI=1S/C11H12ClNO7S.Na/c1-11(4-12)7(10(16)17)13-8(15)5(3-6(14)20-2)9(13)21(11,18)19;/h3,7,9H,4H2,1-2H3,(H,16,17);/q;+1/p-1/b5-3+;/t7-,9+,11-;/m0./s1. The summed E-state index contributed by atoms with van der Waals surface area (Å²) in [5.41, 5.74) is -0.332. The van der Waals surface area contributed by atoms with Crippen molar-refractivity contribution in [2.45, 2.75) is 23.1 Å². The molecule has 116 valence electrons. The van der Waals surface area contributed by atoms with Crippen molar-refractivity contribution in [3.8, 4) is 0 Å². The minimum Gasteiger partial charge on any atom is -0.548 e. The molecule has 2 fully saturated rings. The van der Waals surface area contributed by atoms with Crippen molar-refractivity contribution in [2.24, 2.45) is 0 Å². The van der Waals surface area contributed by atoms with E-state index in [1.54, 1.807) is 0 Å². The fraction of sp³-hybridized carbons (Fsp3) is 0.545. The van der Waals surface area contributed by atoms with Gasteiger partial charge in [0.25, 0.3) is 5.91 Å². The summed E-state index contributed by atoms with van der Waals surface area (Å²) in [5, 5.41) is 9.73. The second kappa shape index (κ2) is 6.12. The zero-order chi connectivity index (χ0) is 16.2. The zero-order valence-electron chi connectivity index (χ0n) is 12.0. The van der Waals surface area contributed by atoms with E-state index in [0.717, 1.165) is 20.1 Å². The molecule has 0 aromatic rings. The van der Waals surface area contributed by atoms with Gasteiger partial charge in [0.2, 0.25) is 0 Å². The number of hydrogen-bond donors (Lipinski definition) is 0. The van der Waals surface area contributed by atoms with E-state index in [1.165, 1.54) is 0 Å². The van der Waals surface area contributed by atoms with E-state index >= 15 is 0 Å². The summed E-state index contributed by atoms with van der Waals surface area (Å²) in [6.45, 7) is 1.14. The first-order valence-corrected chi connectivity index (χ1v) is 7.84. The molecule has 2 aliphatic heterocycles. The number of alkyl halides is 1. The topological polar surface area (TPSA) is 121 Å². The molecular weight excluding hydrogens is 349 g/mol. The smallest absolute Gasteiger partial charge is 0.548 e. The first-order chi connectivity index (χ1) is 9.63. The maximum Gasteiger partial charge on any atom is 1.00 e. The van der Waals surface area contributed by atoms with Crippen LogP contribution in [-0.4, -0.2) is 60.3 Å². The average Bonchev–Trinajstić information content (AvgIpc) is 2.59. The number of carboxylic acids is 1. The summed E-state index contributed by atoms with van der Waals surface area (Å²) < 4.78 is 27.4. The summed E-state index contributed by atoms with van der Waals surface area (Å²) in [5.74, 6) is -4.01. The van der Waals surface area contributed by atoms with E-state index in [4.69, 9.17) is 11.6 Å². The minimum atomic E-state index is -4.13. The van der Waals surface area contributed by atoms with Crippen LogP contribution in [0, 0.1) is 0 Å². The Bertz CT molecular complexity index is 676. The molecule has 1 amide bonds. The van der Waals surface area contributed by atoms with E-state index in [-0.39, 0.29) is 35.1 Å². The van der Waals surface area contributed by atoms with E-state index in [2.05, 4.69) is 4.74 Å². The second-order valence-corrected chi connectivity index (χ2v) is 7.64. The van der Waals surface area contributed by atoms with E-state index in [1.807, 2.05) is 0 Å². The third-order valence-electron chi connectivity index (χ3n) is 3.76. The van der Waals surface area contributed by atoms with Crippen molar-refractivity contribution in [2.75, 3.05) is 13.0 Å². The van der Waals surface area contributed by atoms with Crippen molar-refractivity contribution in [1.29, 1.82) is 0 Å². The zero-order valence-corrected chi connectivity index (χ0v) is 15.6. The molecule has 0 spiro atoms. The van der Waals surface area contributed by atoms with Gasteiger partial charge in [-0.15, -0.1) is 11.6 Å². The number of fused-ring (bicyclic) bond motifs is 1. The fourth-order valence-electron chi connectivity index (χ4n) is 2.55. The molecule has 0 unspecified atom stereocenters. The van der Waals surface area contributed by atoms with Crippen molar-refractivity contribution in [3.63, 3.8) is 0 Å². The van der Waals surface area contributed by atoms with Crippen molar-refractivity contribution >= 4 is 39.3 Å². The molecule has 22 heavy (non-hydrogen) atoms. The van der Waals surface area contributed by atoms with Crippen LogP contribution in [0.25, 0.3) is 0 Å². The molecule has 0 aromatic carbocycles. The fourth-order valence-corrected chi connectivity index (χ4v) is 5.36. The van der Waals surface area contributed by atoms with Gasteiger partial charge in [0.05, 0.1) is 24.7 Å². The van der Waals surface area contributed by atoms with Crippen LogP contribution in [-0.2, 0) is 29.0 Å². The number of carbonyl (C=O) groups excluding carboxylic acids is 3. The van der Waals surface area contributed by atoms with Gasteiger partial charge < -0.3 is 19.5 Å². The third-order valence-corrected chi connectivity index (χ3v) is 7.21. The molecule has 8 nitrogen and oxygen atoms in total. The van der Waals surface area contributed by atoms with E-state index in [9.17, 15) is 27.9 Å². The number of β-lactam (4-membered cyclic amide) rings is 1. The SMILES string of the molecule is COC(=O)/C=C1\C(=O)N2[C@@H](C(=O)[O-])[C@](C)(CCl)S(=O)(=O)[C@H]12.[Na+]. The van der Waals surface area contributed by atoms with E-state index in [0.29, 0.717) is 4.90 Å². The summed E-state index contributed by atoms with van der Waals surface area (Å²) in [7, 11) is -3.07. The molecule has 2 saturated heterocycles. The number of rotatable bonds is 3. The molecule has 0 radical (unpaired) electrons. The number of carbonyl (C=O) groups is 3. The molecule has 0 saturated carbocycles. The number of amides is 1. The molecule has 2 heterocycles. The Morgan fingerprint density at radius 3 is 2.45 bits per heavy atom. The number of halogens is 1. The number of nitrogens with zero attached hydrogens (tertiary/aromatic N) is 1. The molecule has 11 heteroatoms. The Hall–Kier alpha value is -0.610. The number of methoxy groups -OCH3 is 1. The number of carboxylic acid groups (broad SMARTS) is 1. The third kappa shape index (κ3) is 2.30. The first kappa shape index (κ1) is 19.4. The second-order valence-electron chi connectivity index (χ2n) is 4.90. The van der Waals surface area contributed by atoms with Gasteiger partial charge in [0.1, 0.15) is 4.75 Å². The monoisotopic (exact) mass is 359 g/mol. The molecule has 2 rings (SSSR count). The molecule has 3 atom stereocenters. The number of sulfone groups is 1.